The van der Waals surface area contributed by atoms with Crippen molar-refractivity contribution in [2.24, 2.45) is 0 Å². The van der Waals surface area contributed by atoms with Crippen LogP contribution in [0, 0.1) is 0 Å². The summed E-state index contributed by atoms with van der Waals surface area (Å²) in [4.78, 5) is 12.1. The number of carbonyl (C=O) groups excluding carboxylic acids is 1. The second-order valence-corrected chi connectivity index (χ2v) is 12.5. The summed E-state index contributed by atoms with van der Waals surface area (Å²) in [5.41, 5.74) is 0.562. The standard InChI is InChI=1S/C19H28O4Si/c1-19(2,3)24(4,5)22-14-17-13-16(11-12-21-17)23-18(20)15-9-7-6-8-10-15/h6-12,16-17H,13-14H2,1-5H3/t16-,17+/m1/s1. The van der Waals surface area contributed by atoms with E-state index in [2.05, 4.69) is 33.9 Å². The monoisotopic (exact) mass is 348 g/mol. The molecule has 1 heterocycles. The van der Waals surface area contributed by atoms with E-state index >= 15 is 0 Å². The summed E-state index contributed by atoms with van der Waals surface area (Å²) in [5, 5.41) is 0.163. The quantitative estimate of drug-likeness (QED) is 0.579. The van der Waals surface area contributed by atoms with E-state index in [0.29, 0.717) is 18.6 Å². The highest BCUT2D eigenvalue weighted by Crippen LogP contribution is 2.36. The molecule has 0 unspecified atom stereocenters. The normalized spacial score (nSPS) is 21.2. The van der Waals surface area contributed by atoms with Crippen LogP contribution in [0.2, 0.25) is 18.1 Å². The Morgan fingerprint density at radius 2 is 1.92 bits per heavy atom. The molecule has 2 rings (SSSR count). The van der Waals surface area contributed by atoms with Gasteiger partial charge in [-0.25, -0.2) is 4.79 Å². The second kappa shape index (κ2) is 7.53. The van der Waals surface area contributed by atoms with Crippen molar-refractivity contribution in [1.82, 2.24) is 0 Å². The maximum Gasteiger partial charge on any atom is 0.338 e. The molecule has 4 nitrogen and oxygen atoms in total. The number of benzene rings is 1. The molecule has 0 aromatic heterocycles. The van der Waals surface area contributed by atoms with Gasteiger partial charge >= 0.3 is 5.97 Å². The van der Waals surface area contributed by atoms with Crippen molar-refractivity contribution in [2.45, 2.75) is 57.5 Å². The van der Waals surface area contributed by atoms with Gasteiger partial charge in [-0.2, -0.15) is 0 Å². The van der Waals surface area contributed by atoms with Gasteiger partial charge in [0.05, 0.1) is 18.4 Å². The van der Waals surface area contributed by atoms with Crippen molar-refractivity contribution in [3.63, 3.8) is 0 Å². The van der Waals surface area contributed by atoms with Crippen LogP contribution in [0.25, 0.3) is 0 Å². The van der Waals surface area contributed by atoms with Gasteiger partial charge in [-0.3, -0.25) is 0 Å². The number of ether oxygens (including phenoxy) is 2. The summed E-state index contributed by atoms with van der Waals surface area (Å²) in [7, 11) is -1.81. The summed E-state index contributed by atoms with van der Waals surface area (Å²) in [6.07, 6.45) is 3.65. The first-order chi connectivity index (χ1) is 11.2. The third-order valence-corrected chi connectivity index (χ3v) is 9.26. The zero-order valence-electron chi connectivity index (χ0n) is 15.2. The molecule has 0 bridgehead atoms. The van der Waals surface area contributed by atoms with Crippen LogP contribution in [-0.2, 0) is 13.9 Å². The van der Waals surface area contributed by atoms with Crippen LogP contribution < -0.4 is 0 Å². The first-order valence-corrected chi connectivity index (χ1v) is 11.3. The average Bonchev–Trinajstić information content (AvgIpc) is 2.53. The van der Waals surface area contributed by atoms with Gasteiger partial charge < -0.3 is 13.9 Å². The molecule has 0 saturated carbocycles. The molecule has 5 heteroatoms. The second-order valence-electron chi connectivity index (χ2n) is 7.70. The summed E-state index contributed by atoms with van der Waals surface area (Å²) >= 11 is 0. The topological polar surface area (TPSA) is 44.8 Å². The van der Waals surface area contributed by atoms with E-state index in [0.717, 1.165) is 0 Å². The fourth-order valence-corrected chi connectivity index (χ4v) is 3.17. The van der Waals surface area contributed by atoms with E-state index in [9.17, 15) is 4.79 Å². The Balaban J connectivity index is 1.87. The SMILES string of the molecule is CC(C)(C)[Si](C)(C)OC[C@@H]1C[C@H](OC(=O)c2ccccc2)C=CO1. The van der Waals surface area contributed by atoms with Crippen molar-refractivity contribution < 1.29 is 18.7 Å². The molecule has 1 aromatic rings. The number of hydrogen-bond acceptors (Lipinski definition) is 4. The highest BCUT2D eigenvalue weighted by Gasteiger charge is 2.38. The predicted octanol–water partition coefficient (Wildman–Crippen LogP) is 4.54. The first-order valence-electron chi connectivity index (χ1n) is 8.41. The summed E-state index contributed by atoms with van der Waals surface area (Å²) in [6, 6.07) is 9.03. The molecule has 0 spiro atoms. The summed E-state index contributed by atoms with van der Waals surface area (Å²) < 4.78 is 17.4. The molecule has 24 heavy (non-hydrogen) atoms. The van der Waals surface area contributed by atoms with Gasteiger partial charge in [0, 0.05) is 6.42 Å². The number of carbonyl (C=O) groups is 1. The van der Waals surface area contributed by atoms with Crippen molar-refractivity contribution in [3.05, 3.63) is 48.2 Å². The molecular formula is C19H28O4Si. The predicted molar refractivity (Wildman–Crippen MR) is 97.4 cm³/mol. The van der Waals surface area contributed by atoms with Gasteiger partial charge in [0.1, 0.15) is 12.2 Å². The molecule has 1 aliphatic rings. The number of rotatable bonds is 5. The van der Waals surface area contributed by atoms with Gasteiger partial charge in [-0.05, 0) is 36.3 Å². The zero-order chi connectivity index (χ0) is 17.8. The minimum Gasteiger partial charge on any atom is -0.496 e. The average molecular weight is 349 g/mol. The minimum absolute atomic E-state index is 0.0855. The van der Waals surface area contributed by atoms with Crippen LogP contribution in [0.5, 0.6) is 0 Å². The fraction of sp³-hybridized carbons (Fsp3) is 0.526. The van der Waals surface area contributed by atoms with E-state index in [1.165, 1.54) is 0 Å². The number of esters is 1. The van der Waals surface area contributed by atoms with Gasteiger partial charge in [0.15, 0.2) is 8.32 Å². The van der Waals surface area contributed by atoms with Crippen LogP contribution >= 0.6 is 0 Å². The van der Waals surface area contributed by atoms with Crippen molar-refractivity contribution in [2.75, 3.05) is 6.61 Å². The Kier molecular flexibility index (Phi) is 5.88. The third kappa shape index (κ3) is 4.95. The van der Waals surface area contributed by atoms with Crippen molar-refractivity contribution in [1.29, 1.82) is 0 Å². The Hall–Kier alpha value is -1.59. The maximum absolute atomic E-state index is 12.1. The molecule has 0 aliphatic carbocycles. The molecule has 2 atom stereocenters. The van der Waals surface area contributed by atoms with Crippen LogP contribution in [0.4, 0.5) is 0 Å². The van der Waals surface area contributed by atoms with Crippen LogP contribution in [-0.4, -0.2) is 33.1 Å². The lowest BCUT2D eigenvalue weighted by Crippen LogP contribution is -2.43. The molecule has 132 valence electrons. The molecule has 1 aliphatic heterocycles. The Morgan fingerprint density at radius 1 is 1.25 bits per heavy atom. The fourth-order valence-electron chi connectivity index (χ4n) is 2.13. The zero-order valence-corrected chi connectivity index (χ0v) is 16.2. The van der Waals surface area contributed by atoms with Crippen LogP contribution in [0.1, 0.15) is 37.6 Å². The molecular weight excluding hydrogens is 320 g/mol. The molecule has 1 aromatic carbocycles. The molecule has 0 fully saturated rings. The lowest BCUT2D eigenvalue weighted by Gasteiger charge is -2.37. The van der Waals surface area contributed by atoms with Crippen molar-refractivity contribution >= 4 is 14.3 Å². The Bertz CT molecular complexity index is 575. The highest BCUT2D eigenvalue weighted by atomic mass is 28.4. The number of hydrogen-bond donors (Lipinski definition) is 0. The van der Waals surface area contributed by atoms with Gasteiger partial charge in [0.25, 0.3) is 0 Å². The maximum atomic E-state index is 12.1. The Morgan fingerprint density at radius 3 is 2.54 bits per heavy atom. The molecule has 0 amide bonds. The highest BCUT2D eigenvalue weighted by molar-refractivity contribution is 6.74. The van der Waals surface area contributed by atoms with Crippen LogP contribution in [0.15, 0.2) is 42.7 Å². The minimum atomic E-state index is -1.81. The van der Waals surface area contributed by atoms with Crippen molar-refractivity contribution in [3.8, 4) is 0 Å². The van der Waals surface area contributed by atoms with Gasteiger partial charge in [0.2, 0.25) is 0 Å². The van der Waals surface area contributed by atoms with E-state index in [-0.39, 0.29) is 23.2 Å². The molecule has 0 N–H and O–H groups in total. The smallest absolute Gasteiger partial charge is 0.338 e. The van der Waals surface area contributed by atoms with E-state index in [4.69, 9.17) is 13.9 Å². The summed E-state index contributed by atoms with van der Waals surface area (Å²) in [6.45, 7) is 11.6. The lowest BCUT2D eigenvalue weighted by atomic mass is 10.1. The van der Waals surface area contributed by atoms with E-state index in [1.807, 2.05) is 18.2 Å². The van der Waals surface area contributed by atoms with Gasteiger partial charge in [-0.1, -0.05) is 39.0 Å². The molecule has 0 saturated heterocycles. The largest absolute Gasteiger partial charge is 0.496 e. The molecule has 0 radical (unpaired) electrons. The van der Waals surface area contributed by atoms with E-state index < -0.39 is 8.32 Å². The van der Waals surface area contributed by atoms with Crippen LogP contribution in [0.3, 0.4) is 0 Å². The first kappa shape index (κ1) is 18.7. The Labute approximate surface area is 145 Å². The summed E-state index contributed by atoms with van der Waals surface area (Å²) in [5.74, 6) is -0.309. The third-order valence-electron chi connectivity index (χ3n) is 4.76. The van der Waals surface area contributed by atoms with E-state index in [1.54, 1.807) is 24.5 Å². The van der Waals surface area contributed by atoms with Gasteiger partial charge in [-0.15, -0.1) is 0 Å². The lowest BCUT2D eigenvalue weighted by molar-refractivity contribution is 0.00268.